The van der Waals surface area contributed by atoms with E-state index in [4.69, 9.17) is 0 Å². The van der Waals surface area contributed by atoms with Crippen LogP contribution < -0.4 is 5.32 Å². The van der Waals surface area contributed by atoms with E-state index in [9.17, 15) is 13.2 Å². The van der Waals surface area contributed by atoms with E-state index in [0.717, 1.165) is 10.2 Å². The predicted octanol–water partition coefficient (Wildman–Crippen LogP) is 2.21. The topological polar surface area (TPSA) is 63.2 Å². The molecule has 0 bridgehead atoms. The lowest BCUT2D eigenvalue weighted by atomic mass is 10.1. The summed E-state index contributed by atoms with van der Waals surface area (Å²) in [6.45, 7) is 0. The van der Waals surface area contributed by atoms with Crippen molar-refractivity contribution in [1.29, 1.82) is 0 Å². The van der Waals surface area contributed by atoms with Crippen molar-refractivity contribution < 1.29 is 13.2 Å². The average Bonchev–Trinajstić information content (AvgIpc) is 2.61. The van der Waals surface area contributed by atoms with Crippen LogP contribution >= 0.6 is 15.9 Å². The van der Waals surface area contributed by atoms with E-state index in [0.29, 0.717) is 6.42 Å². The van der Waals surface area contributed by atoms with E-state index in [1.54, 1.807) is 12.1 Å². The van der Waals surface area contributed by atoms with E-state index in [1.807, 2.05) is 12.1 Å². The molecule has 1 heterocycles. The highest BCUT2D eigenvalue weighted by Gasteiger charge is 2.29. The molecule has 0 spiro atoms. The SMILES string of the molecule is O=C(C[C@H]1CCS(=O)(=O)C1)Nc1ccc(Br)cc1. The van der Waals surface area contributed by atoms with Gasteiger partial charge in [0.05, 0.1) is 11.5 Å². The Morgan fingerprint density at radius 3 is 2.56 bits per heavy atom. The number of nitrogens with one attached hydrogen (secondary N) is 1. The van der Waals surface area contributed by atoms with Gasteiger partial charge in [-0.05, 0) is 36.6 Å². The highest BCUT2D eigenvalue weighted by Crippen LogP contribution is 2.22. The molecule has 18 heavy (non-hydrogen) atoms. The first-order valence-corrected chi connectivity index (χ1v) is 8.32. The Labute approximate surface area is 115 Å². The van der Waals surface area contributed by atoms with Crippen molar-refractivity contribution in [3.63, 3.8) is 0 Å². The lowest BCUT2D eigenvalue weighted by Gasteiger charge is -2.08. The molecule has 0 unspecified atom stereocenters. The molecule has 0 aliphatic carbocycles. The second kappa shape index (κ2) is 5.40. The number of carbonyl (C=O) groups is 1. The molecule has 0 radical (unpaired) electrons. The minimum Gasteiger partial charge on any atom is -0.326 e. The number of halogens is 1. The zero-order valence-corrected chi connectivity index (χ0v) is 12.1. The Hall–Kier alpha value is -0.880. The van der Waals surface area contributed by atoms with Gasteiger partial charge in [0, 0.05) is 16.6 Å². The molecule has 4 nitrogen and oxygen atoms in total. The van der Waals surface area contributed by atoms with Crippen LogP contribution in [-0.4, -0.2) is 25.8 Å². The fourth-order valence-electron chi connectivity index (χ4n) is 2.04. The van der Waals surface area contributed by atoms with Crippen LogP contribution in [0.5, 0.6) is 0 Å². The summed E-state index contributed by atoms with van der Waals surface area (Å²) in [5.41, 5.74) is 0.726. The van der Waals surface area contributed by atoms with Crippen LogP contribution in [0.3, 0.4) is 0 Å². The number of amides is 1. The van der Waals surface area contributed by atoms with Crippen LogP contribution in [0.15, 0.2) is 28.7 Å². The number of hydrogen-bond donors (Lipinski definition) is 1. The molecule has 98 valence electrons. The lowest BCUT2D eigenvalue weighted by molar-refractivity contribution is -0.116. The van der Waals surface area contributed by atoms with Gasteiger partial charge in [0.25, 0.3) is 0 Å². The van der Waals surface area contributed by atoms with Crippen molar-refractivity contribution in [2.75, 3.05) is 16.8 Å². The predicted molar refractivity (Wildman–Crippen MR) is 74.1 cm³/mol. The van der Waals surface area contributed by atoms with Crippen molar-refractivity contribution >= 4 is 37.4 Å². The standard InChI is InChI=1S/C12H14BrNO3S/c13-10-1-3-11(4-2-10)14-12(15)7-9-5-6-18(16,17)8-9/h1-4,9H,5-8H2,(H,14,15)/t9-/m1/s1. The zero-order valence-electron chi connectivity index (χ0n) is 9.73. The number of rotatable bonds is 3. The Kier molecular flexibility index (Phi) is 4.07. The molecule has 1 amide bonds. The Morgan fingerprint density at radius 1 is 1.33 bits per heavy atom. The van der Waals surface area contributed by atoms with Gasteiger partial charge < -0.3 is 5.32 Å². The summed E-state index contributed by atoms with van der Waals surface area (Å²) in [5, 5.41) is 2.77. The molecule has 1 aliphatic rings. The van der Waals surface area contributed by atoms with Crippen LogP contribution in [0.25, 0.3) is 0 Å². The Balaban J connectivity index is 1.88. The van der Waals surface area contributed by atoms with Gasteiger partial charge >= 0.3 is 0 Å². The number of sulfone groups is 1. The molecule has 1 saturated heterocycles. The smallest absolute Gasteiger partial charge is 0.224 e. The normalized spacial score (nSPS) is 21.7. The maximum absolute atomic E-state index is 11.7. The summed E-state index contributed by atoms with van der Waals surface area (Å²) in [5.74, 6) is 0.189. The summed E-state index contributed by atoms with van der Waals surface area (Å²) < 4.78 is 23.5. The summed E-state index contributed by atoms with van der Waals surface area (Å²) in [6.07, 6.45) is 0.866. The van der Waals surface area contributed by atoms with Crippen LogP contribution in [0.4, 0.5) is 5.69 Å². The first-order chi connectivity index (χ1) is 8.44. The first-order valence-electron chi connectivity index (χ1n) is 5.70. The molecule has 1 aliphatic heterocycles. The van der Waals surface area contributed by atoms with Crippen LogP contribution in [0.1, 0.15) is 12.8 Å². The molecule has 1 fully saturated rings. The van der Waals surface area contributed by atoms with Gasteiger partial charge in [-0.15, -0.1) is 0 Å². The largest absolute Gasteiger partial charge is 0.326 e. The number of anilines is 1. The van der Waals surface area contributed by atoms with Crippen LogP contribution in [0, 0.1) is 5.92 Å². The van der Waals surface area contributed by atoms with Crippen LogP contribution in [-0.2, 0) is 14.6 Å². The number of benzene rings is 1. The van der Waals surface area contributed by atoms with Gasteiger partial charge in [0.2, 0.25) is 5.91 Å². The van der Waals surface area contributed by atoms with Gasteiger partial charge in [-0.25, -0.2) is 8.42 Å². The minimum atomic E-state index is -2.91. The molecule has 1 N–H and O–H groups in total. The monoisotopic (exact) mass is 331 g/mol. The van der Waals surface area contributed by atoms with Gasteiger partial charge in [-0.3, -0.25) is 4.79 Å². The van der Waals surface area contributed by atoms with Crippen molar-refractivity contribution in [1.82, 2.24) is 0 Å². The highest BCUT2D eigenvalue weighted by atomic mass is 79.9. The molecular formula is C12H14BrNO3S. The fourth-order valence-corrected chi connectivity index (χ4v) is 4.17. The first kappa shape index (κ1) is 13.5. The third kappa shape index (κ3) is 3.81. The highest BCUT2D eigenvalue weighted by molar-refractivity contribution is 9.10. The molecule has 2 rings (SSSR count). The third-order valence-corrected chi connectivity index (χ3v) is 5.29. The van der Waals surface area contributed by atoms with Gasteiger partial charge in [-0.2, -0.15) is 0 Å². The maximum atomic E-state index is 11.7. The molecule has 1 aromatic carbocycles. The number of hydrogen-bond acceptors (Lipinski definition) is 3. The summed E-state index contributed by atoms with van der Waals surface area (Å²) in [7, 11) is -2.91. The van der Waals surface area contributed by atoms with Gasteiger partial charge in [0.15, 0.2) is 9.84 Å². The maximum Gasteiger partial charge on any atom is 0.224 e. The van der Waals surface area contributed by atoms with Crippen molar-refractivity contribution in [2.45, 2.75) is 12.8 Å². The minimum absolute atomic E-state index is 0.0366. The fraction of sp³-hybridized carbons (Fsp3) is 0.417. The second-order valence-corrected chi connectivity index (χ2v) is 7.67. The van der Waals surface area contributed by atoms with Crippen molar-refractivity contribution in [3.8, 4) is 0 Å². The molecule has 0 saturated carbocycles. The second-order valence-electron chi connectivity index (χ2n) is 4.53. The van der Waals surface area contributed by atoms with Gasteiger partial charge in [0.1, 0.15) is 0 Å². The van der Waals surface area contributed by atoms with Crippen molar-refractivity contribution in [2.24, 2.45) is 5.92 Å². The summed E-state index contributed by atoms with van der Waals surface area (Å²) >= 11 is 3.32. The number of carbonyl (C=O) groups excluding carboxylic acids is 1. The average molecular weight is 332 g/mol. The van der Waals surface area contributed by atoms with E-state index in [2.05, 4.69) is 21.2 Å². The van der Waals surface area contributed by atoms with Crippen LogP contribution in [0.2, 0.25) is 0 Å². The quantitative estimate of drug-likeness (QED) is 0.923. The lowest BCUT2D eigenvalue weighted by Crippen LogP contribution is -2.17. The molecular weight excluding hydrogens is 318 g/mol. The summed E-state index contributed by atoms with van der Waals surface area (Å²) in [4.78, 5) is 11.7. The molecule has 6 heteroatoms. The Bertz CT molecular complexity index is 539. The molecule has 1 atom stereocenters. The molecule has 0 aromatic heterocycles. The van der Waals surface area contributed by atoms with E-state index in [-0.39, 0.29) is 29.8 Å². The Morgan fingerprint density at radius 2 is 2.00 bits per heavy atom. The third-order valence-electron chi connectivity index (χ3n) is 2.93. The van der Waals surface area contributed by atoms with Crippen molar-refractivity contribution in [3.05, 3.63) is 28.7 Å². The van der Waals surface area contributed by atoms with E-state index >= 15 is 0 Å². The van der Waals surface area contributed by atoms with E-state index in [1.165, 1.54) is 0 Å². The summed E-state index contributed by atoms with van der Waals surface area (Å²) in [6, 6.07) is 7.28. The van der Waals surface area contributed by atoms with Gasteiger partial charge in [-0.1, -0.05) is 15.9 Å². The zero-order chi connectivity index (χ0) is 13.2. The molecule has 1 aromatic rings. The van der Waals surface area contributed by atoms with E-state index < -0.39 is 9.84 Å².